The van der Waals surface area contributed by atoms with Gasteiger partial charge in [-0.1, -0.05) is 11.8 Å². The zero-order chi connectivity index (χ0) is 13.4. The van der Waals surface area contributed by atoms with E-state index in [4.69, 9.17) is 14.2 Å². The Morgan fingerprint density at radius 2 is 2.11 bits per heavy atom. The van der Waals surface area contributed by atoms with E-state index in [1.165, 1.54) is 11.8 Å². The lowest BCUT2D eigenvalue weighted by atomic mass is 10.1. The van der Waals surface area contributed by atoms with Gasteiger partial charge in [-0.15, -0.1) is 0 Å². The first kappa shape index (κ1) is 15.0. The van der Waals surface area contributed by atoms with Gasteiger partial charge in [-0.05, 0) is 13.8 Å². The fraction of sp³-hybridized carbons (Fsp3) is 0.727. The lowest BCUT2D eigenvalue weighted by molar-refractivity contribution is -0.160. The summed E-state index contributed by atoms with van der Waals surface area (Å²) in [6.07, 6.45) is 0. The van der Waals surface area contributed by atoms with E-state index in [0.29, 0.717) is 18.4 Å². The van der Waals surface area contributed by atoms with Gasteiger partial charge < -0.3 is 14.2 Å². The van der Waals surface area contributed by atoms with E-state index in [0.717, 1.165) is 5.75 Å². The monoisotopic (exact) mass is 275 g/mol. The van der Waals surface area contributed by atoms with Gasteiger partial charge in [0.15, 0.2) is 5.92 Å². The van der Waals surface area contributed by atoms with Crippen LogP contribution >= 0.6 is 11.8 Å². The van der Waals surface area contributed by atoms with E-state index in [9.17, 15) is 9.59 Å². The Morgan fingerprint density at radius 3 is 2.67 bits per heavy atom. The molecule has 0 bridgehead atoms. The molecule has 1 aliphatic rings. The second-order valence-electron chi connectivity index (χ2n) is 3.38. The molecule has 18 heavy (non-hydrogen) atoms. The Kier molecular flexibility index (Phi) is 6.74. The minimum atomic E-state index is -1.05. The molecule has 0 N–H and O–H groups in total. The second-order valence-corrected chi connectivity index (χ2v) is 4.43. The van der Waals surface area contributed by atoms with Gasteiger partial charge in [0.25, 0.3) is 5.23 Å². The Bertz CT molecular complexity index is 331. The van der Waals surface area contributed by atoms with Gasteiger partial charge in [0.1, 0.15) is 0 Å². The highest BCUT2D eigenvalue weighted by atomic mass is 32.2. The summed E-state index contributed by atoms with van der Waals surface area (Å²) >= 11 is 1.35. The highest BCUT2D eigenvalue weighted by molar-refractivity contribution is 8.13. The topological polar surface area (TPSA) is 74.2 Å². The average molecular weight is 275 g/mol. The fourth-order valence-electron chi connectivity index (χ4n) is 1.25. The summed E-state index contributed by atoms with van der Waals surface area (Å²) in [5.41, 5.74) is 0. The van der Waals surface area contributed by atoms with Crippen LogP contribution in [0.25, 0.3) is 0 Å². The van der Waals surface area contributed by atoms with Crippen LogP contribution in [0.4, 0.5) is 0 Å². The number of rotatable bonds is 6. The third-order valence-corrected chi connectivity index (χ3v) is 2.94. The molecule has 0 spiro atoms. The van der Waals surface area contributed by atoms with Crippen molar-refractivity contribution in [2.75, 3.05) is 32.1 Å². The molecule has 1 unspecified atom stereocenters. The minimum Gasteiger partial charge on any atom is -0.465 e. The SMILES string of the molecule is CCOCC(C(=O)OCC)C(=O)OC1=NCCS1. The lowest BCUT2D eigenvalue weighted by Crippen LogP contribution is -2.32. The number of ether oxygens (including phenoxy) is 3. The molecule has 0 aliphatic carbocycles. The van der Waals surface area contributed by atoms with Crippen LogP contribution < -0.4 is 0 Å². The highest BCUT2D eigenvalue weighted by Gasteiger charge is 2.31. The zero-order valence-electron chi connectivity index (χ0n) is 10.5. The van der Waals surface area contributed by atoms with Crippen molar-refractivity contribution in [3.05, 3.63) is 0 Å². The minimum absolute atomic E-state index is 0.0356. The first-order valence-electron chi connectivity index (χ1n) is 5.82. The van der Waals surface area contributed by atoms with Crippen molar-refractivity contribution in [3.8, 4) is 0 Å². The van der Waals surface area contributed by atoms with E-state index in [1.54, 1.807) is 13.8 Å². The lowest BCUT2D eigenvalue weighted by Gasteiger charge is -2.13. The van der Waals surface area contributed by atoms with Crippen LogP contribution in [0.3, 0.4) is 0 Å². The molecular formula is C11H17NO5S. The van der Waals surface area contributed by atoms with Gasteiger partial charge >= 0.3 is 11.9 Å². The Balaban J connectivity index is 2.56. The molecule has 1 heterocycles. The van der Waals surface area contributed by atoms with Crippen molar-refractivity contribution in [3.63, 3.8) is 0 Å². The van der Waals surface area contributed by atoms with E-state index in [-0.39, 0.29) is 13.2 Å². The van der Waals surface area contributed by atoms with Gasteiger partial charge in [0.05, 0.1) is 19.8 Å². The summed E-state index contributed by atoms with van der Waals surface area (Å²) < 4.78 is 15.0. The molecule has 0 amide bonds. The van der Waals surface area contributed by atoms with Crippen LogP contribution in [0, 0.1) is 5.92 Å². The number of esters is 2. The summed E-state index contributed by atoms with van der Waals surface area (Å²) in [5.74, 6) is -1.55. The third kappa shape index (κ3) is 4.66. The first-order valence-corrected chi connectivity index (χ1v) is 6.80. The zero-order valence-corrected chi connectivity index (χ0v) is 11.3. The number of thioether (sulfide) groups is 1. The standard InChI is InChI=1S/C11H17NO5S/c1-3-15-7-8(9(13)16-4-2)10(14)17-11-12-5-6-18-11/h8H,3-7H2,1-2H3. The van der Waals surface area contributed by atoms with Crippen LogP contribution in [0.2, 0.25) is 0 Å². The number of carbonyl (C=O) groups is 2. The van der Waals surface area contributed by atoms with Crippen LogP contribution in [0.5, 0.6) is 0 Å². The summed E-state index contributed by atoms with van der Waals surface area (Å²) in [4.78, 5) is 27.4. The number of carbonyl (C=O) groups excluding carboxylic acids is 2. The molecule has 0 aromatic rings. The summed E-state index contributed by atoms with van der Waals surface area (Å²) in [7, 11) is 0. The van der Waals surface area contributed by atoms with Crippen LogP contribution in [0.15, 0.2) is 4.99 Å². The van der Waals surface area contributed by atoms with E-state index < -0.39 is 17.9 Å². The van der Waals surface area contributed by atoms with E-state index in [1.807, 2.05) is 0 Å². The predicted octanol–water partition coefficient (Wildman–Crippen LogP) is 0.848. The predicted molar refractivity (Wildman–Crippen MR) is 67.5 cm³/mol. The molecule has 0 saturated carbocycles. The Labute approximate surface area is 110 Å². The molecule has 1 atom stereocenters. The molecule has 1 aliphatic heterocycles. The third-order valence-electron chi connectivity index (χ3n) is 2.09. The molecule has 102 valence electrons. The number of nitrogens with zero attached hydrogens (tertiary/aromatic N) is 1. The summed E-state index contributed by atoms with van der Waals surface area (Å²) in [6, 6.07) is 0. The summed E-state index contributed by atoms with van der Waals surface area (Å²) in [6.45, 7) is 4.68. The van der Waals surface area contributed by atoms with Gasteiger partial charge in [-0.25, -0.2) is 4.99 Å². The second kappa shape index (κ2) is 8.10. The van der Waals surface area contributed by atoms with E-state index >= 15 is 0 Å². The average Bonchev–Trinajstić information content (AvgIpc) is 2.82. The maximum Gasteiger partial charge on any atom is 0.329 e. The van der Waals surface area contributed by atoms with Crippen LogP contribution in [-0.2, 0) is 23.8 Å². The maximum absolute atomic E-state index is 11.8. The number of aliphatic imine (C=N–C) groups is 1. The van der Waals surface area contributed by atoms with Crippen molar-refractivity contribution >= 4 is 28.9 Å². The first-order chi connectivity index (χ1) is 8.69. The van der Waals surface area contributed by atoms with Crippen molar-refractivity contribution in [2.24, 2.45) is 10.9 Å². The molecular weight excluding hydrogens is 258 g/mol. The van der Waals surface area contributed by atoms with Crippen molar-refractivity contribution in [1.82, 2.24) is 0 Å². The normalized spacial score (nSPS) is 16.0. The molecule has 6 nitrogen and oxygen atoms in total. The smallest absolute Gasteiger partial charge is 0.329 e. The fourth-order valence-corrected chi connectivity index (χ4v) is 1.93. The molecule has 0 fully saturated rings. The largest absolute Gasteiger partial charge is 0.465 e. The van der Waals surface area contributed by atoms with Crippen molar-refractivity contribution in [1.29, 1.82) is 0 Å². The molecule has 0 aromatic heterocycles. The molecule has 1 rings (SSSR count). The van der Waals surface area contributed by atoms with Gasteiger partial charge in [0.2, 0.25) is 0 Å². The van der Waals surface area contributed by atoms with E-state index in [2.05, 4.69) is 4.99 Å². The quantitative estimate of drug-likeness (QED) is 0.528. The Morgan fingerprint density at radius 1 is 1.33 bits per heavy atom. The highest BCUT2D eigenvalue weighted by Crippen LogP contribution is 2.15. The maximum atomic E-state index is 11.8. The summed E-state index contributed by atoms with van der Waals surface area (Å²) in [5, 5.41) is 0.311. The molecule has 7 heteroatoms. The molecule has 0 saturated heterocycles. The number of hydrogen-bond acceptors (Lipinski definition) is 7. The van der Waals surface area contributed by atoms with Crippen LogP contribution in [-0.4, -0.2) is 49.3 Å². The van der Waals surface area contributed by atoms with Gasteiger partial charge in [-0.2, -0.15) is 0 Å². The molecule has 0 aromatic carbocycles. The van der Waals surface area contributed by atoms with Crippen molar-refractivity contribution < 1.29 is 23.8 Å². The Hall–Kier alpha value is -1.08. The van der Waals surface area contributed by atoms with Gasteiger partial charge in [0, 0.05) is 12.4 Å². The van der Waals surface area contributed by atoms with Crippen LogP contribution in [0.1, 0.15) is 13.8 Å². The van der Waals surface area contributed by atoms with Crippen molar-refractivity contribution in [2.45, 2.75) is 13.8 Å². The number of hydrogen-bond donors (Lipinski definition) is 0. The van der Waals surface area contributed by atoms with Gasteiger partial charge in [-0.3, -0.25) is 9.59 Å². The molecule has 0 radical (unpaired) electrons.